The van der Waals surface area contributed by atoms with Crippen LogP contribution in [0.15, 0.2) is 12.2 Å². The van der Waals surface area contributed by atoms with E-state index in [1.165, 1.54) is 6.08 Å². The van der Waals surface area contributed by atoms with Crippen molar-refractivity contribution in [3.8, 4) is 12.3 Å². The van der Waals surface area contributed by atoms with Crippen LogP contribution in [0.1, 0.15) is 26.7 Å². The molecule has 0 spiro atoms. The van der Waals surface area contributed by atoms with Crippen molar-refractivity contribution < 1.29 is 9.53 Å². The van der Waals surface area contributed by atoms with E-state index < -0.39 is 0 Å². The van der Waals surface area contributed by atoms with Crippen LogP contribution in [0.5, 0.6) is 0 Å². The maximum atomic E-state index is 10.9. The van der Waals surface area contributed by atoms with Crippen LogP contribution in [0.4, 0.5) is 0 Å². The summed E-state index contributed by atoms with van der Waals surface area (Å²) in [5.74, 6) is 2.31. The topological polar surface area (TPSA) is 38.3 Å². The Labute approximate surface area is 91.9 Å². The zero-order chi connectivity index (χ0) is 11.5. The Morgan fingerprint density at radius 2 is 2.33 bits per heavy atom. The molecule has 3 nitrogen and oxygen atoms in total. The van der Waals surface area contributed by atoms with Crippen molar-refractivity contribution >= 4 is 5.97 Å². The van der Waals surface area contributed by atoms with Gasteiger partial charge in [-0.05, 0) is 13.3 Å². The molecule has 0 aliphatic heterocycles. The number of carbonyl (C=O) groups is 1. The maximum Gasteiger partial charge on any atom is 0.330 e. The number of hydrogen-bond acceptors (Lipinski definition) is 3. The quantitative estimate of drug-likeness (QED) is 0.392. The second kappa shape index (κ2) is 9.29. The third-order valence-electron chi connectivity index (χ3n) is 1.92. The van der Waals surface area contributed by atoms with Crippen molar-refractivity contribution in [2.75, 3.05) is 13.2 Å². The predicted octanol–water partition coefficient (Wildman–Crippen LogP) is 1.50. The first-order valence-corrected chi connectivity index (χ1v) is 5.24. The minimum Gasteiger partial charge on any atom is -0.463 e. The summed E-state index contributed by atoms with van der Waals surface area (Å²) in [7, 11) is 0. The molecule has 0 amide bonds. The largest absolute Gasteiger partial charge is 0.463 e. The third kappa shape index (κ3) is 7.77. The molecule has 0 aromatic carbocycles. The van der Waals surface area contributed by atoms with Gasteiger partial charge in [-0.15, -0.1) is 12.3 Å². The summed E-state index contributed by atoms with van der Waals surface area (Å²) in [4.78, 5) is 10.9. The van der Waals surface area contributed by atoms with Gasteiger partial charge in [0.25, 0.3) is 0 Å². The molecule has 1 unspecified atom stereocenters. The summed E-state index contributed by atoms with van der Waals surface area (Å²) in [5.41, 5.74) is 0. The Hall–Kier alpha value is -1.27. The number of carbonyl (C=O) groups excluding carboxylic acids is 1. The third-order valence-corrected chi connectivity index (χ3v) is 1.92. The van der Waals surface area contributed by atoms with Gasteiger partial charge in [-0.2, -0.15) is 0 Å². The number of nitrogens with one attached hydrogen (secondary N) is 1. The van der Waals surface area contributed by atoms with Crippen molar-refractivity contribution in [3.63, 3.8) is 0 Å². The lowest BCUT2D eigenvalue weighted by atomic mass is 10.1. The second-order valence-corrected chi connectivity index (χ2v) is 3.08. The molecule has 0 aliphatic carbocycles. The molecule has 0 saturated heterocycles. The molecular formula is C12H19NO2. The van der Waals surface area contributed by atoms with Gasteiger partial charge in [0.05, 0.1) is 6.61 Å². The average molecular weight is 209 g/mol. The van der Waals surface area contributed by atoms with Crippen molar-refractivity contribution in [2.45, 2.75) is 32.7 Å². The fourth-order valence-electron chi connectivity index (χ4n) is 1.08. The van der Waals surface area contributed by atoms with Crippen LogP contribution in [-0.4, -0.2) is 25.2 Å². The van der Waals surface area contributed by atoms with Gasteiger partial charge in [0.15, 0.2) is 0 Å². The zero-order valence-corrected chi connectivity index (χ0v) is 9.45. The molecule has 0 radical (unpaired) electrons. The van der Waals surface area contributed by atoms with E-state index in [2.05, 4.69) is 18.2 Å². The monoisotopic (exact) mass is 209 g/mol. The number of ether oxygens (including phenoxy) is 1. The lowest BCUT2D eigenvalue weighted by molar-refractivity contribution is -0.137. The van der Waals surface area contributed by atoms with Crippen LogP contribution in [0, 0.1) is 12.3 Å². The maximum absolute atomic E-state index is 10.9. The van der Waals surface area contributed by atoms with Gasteiger partial charge in [-0.1, -0.05) is 13.0 Å². The predicted molar refractivity (Wildman–Crippen MR) is 61.3 cm³/mol. The fraction of sp³-hybridized carbons (Fsp3) is 0.583. The Kier molecular flexibility index (Phi) is 8.50. The van der Waals surface area contributed by atoms with Crippen molar-refractivity contribution in [1.82, 2.24) is 5.32 Å². The molecule has 0 bridgehead atoms. The molecule has 0 aromatic heterocycles. The van der Waals surface area contributed by atoms with E-state index in [-0.39, 0.29) is 5.97 Å². The summed E-state index contributed by atoms with van der Waals surface area (Å²) in [6.45, 7) is 4.90. The molecule has 0 fully saturated rings. The Morgan fingerprint density at radius 1 is 1.60 bits per heavy atom. The van der Waals surface area contributed by atoms with E-state index in [9.17, 15) is 4.79 Å². The Balaban J connectivity index is 3.67. The van der Waals surface area contributed by atoms with Gasteiger partial charge >= 0.3 is 5.97 Å². The number of rotatable bonds is 7. The standard InChI is InChI=1S/C12H19NO2/c1-4-8-11(5-2)13-10-7-9-12(14)15-6-3/h1,7,9,11,13H,5-6,8,10H2,2-3H3/b9-7+. The molecule has 0 heterocycles. The lowest BCUT2D eigenvalue weighted by Gasteiger charge is -2.11. The van der Waals surface area contributed by atoms with E-state index in [0.717, 1.165) is 6.42 Å². The highest BCUT2D eigenvalue weighted by molar-refractivity contribution is 5.81. The van der Waals surface area contributed by atoms with Gasteiger partial charge in [0.2, 0.25) is 0 Å². The van der Waals surface area contributed by atoms with Gasteiger partial charge in [0, 0.05) is 25.1 Å². The molecule has 0 saturated carbocycles. The highest BCUT2D eigenvalue weighted by Gasteiger charge is 2.00. The molecule has 15 heavy (non-hydrogen) atoms. The van der Waals surface area contributed by atoms with E-state index in [4.69, 9.17) is 11.2 Å². The van der Waals surface area contributed by atoms with E-state index in [1.54, 1.807) is 13.0 Å². The minimum atomic E-state index is -0.302. The van der Waals surface area contributed by atoms with Crippen LogP contribution >= 0.6 is 0 Å². The summed E-state index contributed by atoms with van der Waals surface area (Å²) in [5, 5.41) is 3.23. The minimum absolute atomic E-state index is 0.302. The summed E-state index contributed by atoms with van der Waals surface area (Å²) in [6, 6.07) is 0.321. The van der Waals surface area contributed by atoms with E-state index in [1.807, 2.05) is 0 Å². The molecule has 0 rings (SSSR count). The molecule has 1 atom stereocenters. The van der Waals surface area contributed by atoms with Crippen molar-refractivity contribution in [3.05, 3.63) is 12.2 Å². The van der Waals surface area contributed by atoms with Crippen LogP contribution in [0.25, 0.3) is 0 Å². The van der Waals surface area contributed by atoms with Crippen molar-refractivity contribution in [1.29, 1.82) is 0 Å². The first kappa shape index (κ1) is 13.7. The van der Waals surface area contributed by atoms with Gasteiger partial charge < -0.3 is 10.1 Å². The summed E-state index contributed by atoms with van der Waals surface area (Å²) >= 11 is 0. The normalized spacial score (nSPS) is 12.3. The van der Waals surface area contributed by atoms with Gasteiger partial charge in [0.1, 0.15) is 0 Å². The SMILES string of the molecule is C#CCC(CC)NC/C=C/C(=O)OCC. The molecule has 0 aromatic rings. The summed E-state index contributed by atoms with van der Waals surface area (Å²) in [6.07, 6.45) is 10.1. The second-order valence-electron chi connectivity index (χ2n) is 3.08. The Bertz CT molecular complexity index is 240. The molecule has 0 aliphatic rings. The number of terminal acetylenes is 1. The highest BCUT2D eigenvalue weighted by atomic mass is 16.5. The van der Waals surface area contributed by atoms with Gasteiger partial charge in [-0.3, -0.25) is 0 Å². The molecule has 84 valence electrons. The van der Waals surface area contributed by atoms with Crippen LogP contribution in [-0.2, 0) is 9.53 Å². The number of hydrogen-bond donors (Lipinski definition) is 1. The summed E-state index contributed by atoms with van der Waals surface area (Å²) < 4.78 is 4.74. The smallest absolute Gasteiger partial charge is 0.330 e. The number of esters is 1. The highest BCUT2D eigenvalue weighted by Crippen LogP contribution is 1.95. The van der Waals surface area contributed by atoms with Crippen molar-refractivity contribution in [2.24, 2.45) is 0 Å². The molecule has 3 heteroatoms. The van der Waals surface area contributed by atoms with Crippen LogP contribution in [0.2, 0.25) is 0 Å². The van der Waals surface area contributed by atoms with E-state index >= 15 is 0 Å². The Morgan fingerprint density at radius 3 is 2.87 bits per heavy atom. The van der Waals surface area contributed by atoms with Crippen LogP contribution in [0.3, 0.4) is 0 Å². The first-order chi connectivity index (χ1) is 7.24. The van der Waals surface area contributed by atoms with Crippen LogP contribution < -0.4 is 5.32 Å². The lowest BCUT2D eigenvalue weighted by Crippen LogP contribution is -2.28. The van der Waals surface area contributed by atoms with E-state index in [0.29, 0.717) is 25.6 Å². The molecule has 1 N–H and O–H groups in total. The van der Waals surface area contributed by atoms with Gasteiger partial charge in [-0.25, -0.2) is 4.79 Å². The zero-order valence-electron chi connectivity index (χ0n) is 9.45. The average Bonchev–Trinajstić information content (AvgIpc) is 2.23. The first-order valence-electron chi connectivity index (χ1n) is 5.24. The fourth-order valence-corrected chi connectivity index (χ4v) is 1.08. The molecular weight excluding hydrogens is 190 g/mol.